The van der Waals surface area contributed by atoms with Gasteiger partial charge in [0.2, 0.25) is 0 Å². The van der Waals surface area contributed by atoms with E-state index in [0.717, 1.165) is 22.3 Å². The van der Waals surface area contributed by atoms with Crippen molar-refractivity contribution in [3.63, 3.8) is 0 Å². The van der Waals surface area contributed by atoms with Gasteiger partial charge in [-0.2, -0.15) is 0 Å². The maximum atomic E-state index is 10.7. The summed E-state index contributed by atoms with van der Waals surface area (Å²) in [6, 6.07) is 0. The van der Waals surface area contributed by atoms with Crippen molar-refractivity contribution in [1.82, 2.24) is 9.97 Å². The Labute approximate surface area is 109 Å². The van der Waals surface area contributed by atoms with Crippen LogP contribution in [-0.4, -0.2) is 44.6 Å². The normalized spacial score (nSPS) is 9.78. The predicted molar refractivity (Wildman–Crippen MR) is 74.5 cm³/mol. The van der Waals surface area contributed by atoms with Gasteiger partial charge in [-0.05, 0) is 0 Å². The molecular weight excluding hydrogens is 252 g/mol. The van der Waals surface area contributed by atoms with Gasteiger partial charge in [-0.25, -0.2) is 9.97 Å². The summed E-state index contributed by atoms with van der Waals surface area (Å²) in [6.45, 7) is 0. The number of anilines is 2. The molecular formula is C11H16N4O2S. The van der Waals surface area contributed by atoms with Crippen LogP contribution in [0.3, 0.4) is 0 Å². The lowest BCUT2D eigenvalue weighted by atomic mass is 10.3. The van der Waals surface area contributed by atoms with Gasteiger partial charge in [-0.15, -0.1) is 11.3 Å². The highest BCUT2D eigenvalue weighted by Gasteiger charge is 2.15. The second-order valence-corrected chi connectivity index (χ2v) is 4.71. The largest absolute Gasteiger partial charge is 0.397 e. The molecule has 0 unspecified atom stereocenters. The van der Waals surface area contributed by atoms with Gasteiger partial charge in [0.15, 0.2) is 6.29 Å². The van der Waals surface area contributed by atoms with Gasteiger partial charge in [-0.1, -0.05) is 0 Å². The minimum atomic E-state index is 0.467. The maximum absolute atomic E-state index is 10.7. The third kappa shape index (κ3) is 2.74. The van der Waals surface area contributed by atoms with Gasteiger partial charge >= 0.3 is 0 Å². The number of fused-ring (bicyclic) bond motifs is 1. The first-order chi connectivity index (χ1) is 8.56. The average molecular weight is 268 g/mol. The molecule has 2 N–H and O–H groups in total. The fourth-order valence-corrected chi connectivity index (χ4v) is 2.25. The first-order valence-corrected chi connectivity index (χ1v) is 5.94. The summed E-state index contributed by atoms with van der Waals surface area (Å²) in [7, 11) is 7.00. The zero-order valence-electron chi connectivity index (χ0n) is 10.8. The molecule has 0 aliphatic rings. The van der Waals surface area contributed by atoms with Crippen molar-refractivity contribution >= 4 is 39.3 Å². The monoisotopic (exact) mass is 268 g/mol. The number of thiophene rings is 1. The highest BCUT2D eigenvalue weighted by atomic mass is 32.1. The third-order valence-electron chi connectivity index (χ3n) is 2.06. The van der Waals surface area contributed by atoms with Gasteiger partial charge in [0.1, 0.15) is 17.0 Å². The Morgan fingerprint density at radius 2 is 2.00 bits per heavy atom. The highest BCUT2D eigenvalue weighted by molar-refractivity contribution is 7.21. The summed E-state index contributed by atoms with van der Waals surface area (Å²) in [5, 5.41) is 0.759. The van der Waals surface area contributed by atoms with E-state index in [1.54, 1.807) is 14.2 Å². The van der Waals surface area contributed by atoms with E-state index in [0.29, 0.717) is 10.6 Å². The van der Waals surface area contributed by atoms with E-state index in [-0.39, 0.29) is 0 Å². The topological polar surface area (TPSA) is 81.3 Å². The highest BCUT2D eigenvalue weighted by Crippen LogP contribution is 2.35. The van der Waals surface area contributed by atoms with Crippen molar-refractivity contribution in [3.8, 4) is 0 Å². The van der Waals surface area contributed by atoms with Crippen molar-refractivity contribution < 1.29 is 9.53 Å². The van der Waals surface area contributed by atoms with Crippen LogP contribution in [0.25, 0.3) is 10.2 Å². The molecule has 0 aliphatic heterocycles. The lowest BCUT2D eigenvalue weighted by Crippen LogP contribution is -2.11. The summed E-state index contributed by atoms with van der Waals surface area (Å²) in [5.41, 5.74) is 6.33. The summed E-state index contributed by atoms with van der Waals surface area (Å²) < 4.78 is 4.25. The van der Waals surface area contributed by atoms with Crippen molar-refractivity contribution in [2.24, 2.45) is 0 Å². The van der Waals surface area contributed by atoms with Crippen LogP contribution in [0, 0.1) is 0 Å². The molecule has 0 radical (unpaired) electrons. The number of aldehydes is 1. The molecule has 2 rings (SSSR count). The fourth-order valence-electron chi connectivity index (χ4n) is 1.38. The number of rotatable bonds is 2. The summed E-state index contributed by atoms with van der Waals surface area (Å²) in [6.07, 6.45) is 2.23. The summed E-state index contributed by atoms with van der Waals surface area (Å²) in [4.78, 5) is 22.1. The van der Waals surface area contributed by atoms with Gasteiger partial charge in [0.25, 0.3) is 0 Å². The van der Waals surface area contributed by atoms with Crippen LogP contribution >= 0.6 is 11.3 Å². The number of nitrogens with zero attached hydrogens (tertiary/aromatic N) is 3. The molecule has 0 amide bonds. The molecule has 0 saturated heterocycles. The molecule has 2 heterocycles. The molecule has 7 heteroatoms. The van der Waals surface area contributed by atoms with Gasteiger partial charge in [0.05, 0.1) is 16.0 Å². The molecule has 6 nitrogen and oxygen atoms in total. The average Bonchev–Trinajstić information content (AvgIpc) is 2.67. The number of aromatic nitrogens is 2. The van der Waals surface area contributed by atoms with Crippen LogP contribution in [0.2, 0.25) is 0 Å². The molecule has 0 spiro atoms. The first kappa shape index (κ1) is 14.3. The van der Waals surface area contributed by atoms with Gasteiger partial charge < -0.3 is 15.4 Å². The van der Waals surface area contributed by atoms with Gasteiger partial charge in [0, 0.05) is 28.3 Å². The molecule has 0 atom stereocenters. The number of nitrogens with two attached hydrogens (primary N) is 1. The fraction of sp³-hybridized carbons (Fsp3) is 0.364. The van der Waals surface area contributed by atoms with Crippen LogP contribution in [0.5, 0.6) is 0 Å². The first-order valence-electron chi connectivity index (χ1n) is 5.12. The Morgan fingerprint density at radius 3 is 2.50 bits per heavy atom. The van der Waals surface area contributed by atoms with Crippen molar-refractivity contribution in [1.29, 1.82) is 0 Å². The second kappa shape index (κ2) is 6.27. The minimum absolute atomic E-state index is 0.467. The molecule has 98 valence electrons. The number of methoxy groups -OCH3 is 1. The van der Waals surface area contributed by atoms with E-state index in [4.69, 9.17) is 5.73 Å². The predicted octanol–water partition coefficient (Wildman–Crippen LogP) is 1.41. The Balaban J connectivity index is 0.000000492. The zero-order valence-corrected chi connectivity index (χ0v) is 11.6. The molecule has 2 aromatic heterocycles. The number of carbonyl (C=O) groups is 1. The maximum Gasteiger partial charge on any atom is 0.162 e. The minimum Gasteiger partial charge on any atom is -0.397 e. The van der Waals surface area contributed by atoms with Crippen LogP contribution in [0.15, 0.2) is 6.33 Å². The third-order valence-corrected chi connectivity index (χ3v) is 3.10. The van der Waals surface area contributed by atoms with Crippen molar-refractivity contribution in [2.75, 3.05) is 38.9 Å². The molecule has 0 fully saturated rings. The quantitative estimate of drug-likeness (QED) is 0.829. The number of hydrogen-bond acceptors (Lipinski definition) is 7. The number of ether oxygens (including phenoxy) is 1. The zero-order chi connectivity index (χ0) is 13.7. The number of carbonyl (C=O) groups excluding carboxylic acids is 1. The Morgan fingerprint density at radius 1 is 1.39 bits per heavy atom. The Kier molecular flexibility index (Phi) is 4.99. The Hall–Kier alpha value is -1.73. The summed E-state index contributed by atoms with van der Waals surface area (Å²) >= 11 is 1.28. The second-order valence-electron chi connectivity index (χ2n) is 3.68. The van der Waals surface area contributed by atoms with Crippen molar-refractivity contribution in [3.05, 3.63) is 11.2 Å². The molecule has 18 heavy (non-hydrogen) atoms. The molecule has 0 saturated carbocycles. The SMILES string of the molecule is CN(C)c1ncnc2sc(C=O)c(N)c12.COC. The van der Waals surface area contributed by atoms with Crippen LogP contribution in [0.1, 0.15) is 9.67 Å². The van der Waals surface area contributed by atoms with E-state index >= 15 is 0 Å². The number of nitrogen functional groups attached to an aromatic ring is 1. The van der Waals surface area contributed by atoms with Crippen LogP contribution in [-0.2, 0) is 4.74 Å². The van der Waals surface area contributed by atoms with E-state index in [9.17, 15) is 4.79 Å². The van der Waals surface area contributed by atoms with Crippen LogP contribution in [0.4, 0.5) is 11.5 Å². The molecule has 0 aliphatic carbocycles. The standard InChI is InChI=1S/C9H10N4OS.C2H6O/c1-13(2)8-6-7(10)5(3-14)15-9(6)12-4-11-8;1-3-2/h3-4H,10H2,1-2H3;1-2H3. The lowest BCUT2D eigenvalue weighted by molar-refractivity contribution is 0.112. The Bertz CT molecular complexity index is 539. The molecule has 2 aromatic rings. The van der Waals surface area contributed by atoms with Gasteiger partial charge in [-0.3, -0.25) is 4.79 Å². The van der Waals surface area contributed by atoms with E-state index < -0.39 is 0 Å². The van der Waals surface area contributed by atoms with Crippen LogP contribution < -0.4 is 10.6 Å². The number of hydrogen-bond donors (Lipinski definition) is 1. The van der Waals surface area contributed by atoms with Crippen molar-refractivity contribution in [2.45, 2.75) is 0 Å². The van der Waals surface area contributed by atoms with E-state index in [1.807, 2.05) is 19.0 Å². The molecule has 0 aromatic carbocycles. The van der Waals surface area contributed by atoms with E-state index in [2.05, 4.69) is 14.7 Å². The molecule has 0 bridgehead atoms. The smallest absolute Gasteiger partial charge is 0.162 e. The van der Waals surface area contributed by atoms with E-state index in [1.165, 1.54) is 17.7 Å². The lowest BCUT2D eigenvalue weighted by Gasteiger charge is -2.11. The summed E-state index contributed by atoms with van der Waals surface area (Å²) in [5.74, 6) is 0.738.